The van der Waals surface area contributed by atoms with Gasteiger partial charge in [0.15, 0.2) is 0 Å². The molecule has 0 spiro atoms. The van der Waals surface area contributed by atoms with Gasteiger partial charge < -0.3 is 14.8 Å². The Hall–Kier alpha value is -2.16. The summed E-state index contributed by atoms with van der Waals surface area (Å²) in [5.74, 6) is 2.41. The average molecular weight is 356 g/mol. The number of hydrogen-bond donors (Lipinski definition) is 1. The van der Waals surface area contributed by atoms with E-state index in [9.17, 15) is 0 Å². The Balaban J connectivity index is 1.76. The lowest BCUT2D eigenvalue weighted by Crippen LogP contribution is -2.05. The van der Waals surface area contributed by atoms with E-state index in [1.54, 1.807) is 0 Å². The van der Waals surface area contributed by atoms with E-state index in [1.807, 2.05) is 24.3 Å². The molecule has 0 amide bonds. The monoisotopic (exact) mass is 355 g/mol. The highest BCUT2D eigenvalue weighted by Crippen LogP contribution is 2.19. The van der Waals surface area contributed by atoms with Crippen LogP contribution < -0.4 is 14.8 Å². The molecule has 0 saturated carbocycles. The SMILES string of the molecule is CCCCCCOc1ccc(NCc2cccc(OCC(C)C)c2)cc1. The molecule has 0 aliphatic rings. The molecule has 142 valence electrons. The van der Waals surface area contributed by atoms with E-state index >= 15 is 0 Å². The fourth-order valence-corrected chi connectivity index (χ4v) is 2.60. The predicted molar refractivity (Wildman–Crippen MR) is 110 cm³/mol. The minimum absolute atomic E-state index is 0.532. The molecule has 0 heterocycles. The van der Waals surface area contributed by atoms with Crippen LogP contribution >= 0.6 is 0 Å². The molecule has 2 rings (SSSR count). The van der Waals surface area contributed by atoms with Crippen molar-refractivity contribution in [2.24, 2.45) is 5.92 Å². The molecule has 0 aliphatic carbocycles. The molecule has 0 aliphatic heterocycles. The third-order valence-electron chi connectivity index (χ3n) is 4.10. The fraction of sp³-hybridized carbons (Fsp3) is 0.478. The number of anilines is 1. The highest BCUT2D eigenvalue weighted by molar-refractivity contribution is 5.47. The van der Waals surface area contributed by atoms with E-state index in [-0.39, 0.29) is 0 Å². The first-order chi connectivity index (χ1) is 12.7. The summed E-state index contributed by atoms with van der Waals surface area (Å²) < 4.78 is 11.6. The molecule has 0 aromatic heterocycles. The van der Waals surface area contributed by atoms with E-state index in [0.717, 1.165) is 43.4 Å². The molecule has 2 aromatic rings. The Morgan fingerprint density at radius 1 is 0.885 bits per heavy atom. The average Bonchev–Trinajstić information content (AvgIpc) is 2.66. The summed E-state index contributed by atoms with van der Waals surface area (Å²) in [5, 5.41) is 3.45. The molecule has 0 radical (unpaired) electrons. The molecule has 0 atom stereocenters. The van der Waals surface area contributed by atoms with E-state index in [1.165, 1.54) is 24.8 Å². The molecule has 2 aromatic carbocycles. The number of ether oxygens (including phenoxy) is 2. The molecule has 3 heteroatoms. The fourth-order valence-electron chi connectivity index (χ4n) is 2.60. The van der Waals surface area contributed by atoms with Crippen molar-refractivity contribution in [1.82, 2.24) is 0 Å². The maximum atomic E-state index is 5.79. The van der Waals surface area contributed by atoms with Crippen LogP contribution in [0.4, 0.5) is 5.69 Å². The van der Waals surface area contributed by atoms with Crippen molar-refractivity contribution in [2.45, 2.75) is 53.0 Å². The topological polar surface area (TPSA) is 30.5 Å². The van der Waals surface area contributed by atoms with Crippen LogP contribution in [0, 0.1) is 5.92 Å². The minimum atomic E-state index is 0.532. The molecular formula is C23H33NO2. The summed E-state index contributed by atoms with van der Waals surface area (Å²) in [4.78, 5) is 0. The first kappa shape index (κ1) is 20.2. The highest BCUT2D eigenvalue weighted by Gasteiger charge is 2.00. The minimum Gasteiger partial charge on any atom is -0.494 e. The van der Waals surface area contributed by atoms with Crippen LogP contribution in [-0.4, -0.2) is 13.2 Å². The first-order valence-corrected chi connectivity index (χ1v) is 9.86. The van der Waals surface area contributed by atoms with Crippen molar-refractivity contribution in [2.75, 3.05) is 18.5 Å². The van der Waals surface area contributed by atoms with Crippen LogP contribution in [0.1, 0.15) is 52.0 Å². The van der Waals surface area contributed by atoms with Gasteiger partial charge in [-0.2, -0.15) is 0 Å². The van der Waals surface area contributed by atoms with Gasteiger partial charge in [0.25, 0.3) is 0 Å². The lowest BCUT2D eigenvalue weighted by molar-refractivity contribution is 0.271. The zero-order valence-corrected chi connectivity index (χ0v) is 16.5. The van der Waals surface area contributed by atoms with Gasteiger partial charge in [-0.15, -0.1) is 0 Å². The van der Waals surface area contributed by atoms with Gasteiger partial charge in [-0.1, -0.05) is 52.2 Å². The van der Waals surface area contributed by atoms with Crippen molar-refractivity contribution < 1.29 is 9.47 Å². The van der Waals surface area contributed by atoms with E-state index in [0.29, 0.717) is 5.92 Å². The van der Waals surface area contributed by atoms with Crippen molar-refractivity contribution >= 4 is 5.69 Å². The Kier molecular flexibility index (Phi) is 8.88. The smallest absolute Gasteiger partial charge is 0.119 e. The summed E-state index contributed by atoms with van der Waals surface area (Å²) in [6.07, 6.45) is 4.92. The Morgan fingerprint density at radius 2 is 1.69 bits per heavy atom. The molecule has 3 nitrogen and oxygen atoms in total. The zero-order valence-electron chi connectivity index (χ0n) is 16.5. The molecular weight excluding hydrogens is 322 g/mol. The van der Waals surface area contributed by atoms with Crippen LogP contribution in [0.3, 0.4) is 0 Å². The summed E-state index contributed by atoms with van der Waals surface area (Å²) >= 11 is 0. The van der Waals surface area contributed by atoms with Crippen molar-refractivity contribution in [3.63, 3.8) is 0 Å². The number of rotatable bonds is 12. The Morgan fingerprint density at radius 3 is 2.42 bits per heavy atom. The number of benzene rings is 2. The maximum Gasteiger partial charge on any atom is 0.119 e. The second-order valence-corrected chi connectivity index (χ2v) is 7.14. The molecule has 0 saturated heterocycles. The van der Waals surface area contributed by atoms with Crippen LogP contribution in [-0.2, 0) is 6.54 Å². The van der Waals surface area contributed by atoms with E-state index in [2.05, 4.69) is 50.4 Å². The Labute approximate surface area is 158 Å². The molecule has 0 unspecified atom stereocenters. The van der Waals surface area contributed by atoms with Crippen molar-refractivity contribution in [3.05, 3.63) is 54.1 Å². The summed E-state index contributed by atoms with van der Waals surface area (Å²) in [6.45, 7) is 8.86. The zero-order chi connectivity index (χ0) is 18.6. The predicted octanol–water partition coefficient (Wildman–Crippen LogP) is 6.29. The first-order valence-electron chi connectivity index (χ1n) is 9.86. The molecule has 0 fully saturated rings. The van der Waals surface area contributed by atoms with Gasteiger partial charge in [0, 0.05) is 12.2 Å². The van der Waals surface area contributed by atoms with Gasteiger partial charge >= 0.3 is 0 Å². The summed E-state index contributed by atoms with van der Waals surface area (Å²) in [5.41, 5.74) is 2.30. The second kappa shape index (κ2) is 11.5. The lowest BCUT2D eigenvalue weighted by atomic mass is 10.2. The third-order valence-corrected chi connectivity index (χ3v) is 4.10. The Bertz CT molecular complexity index is 622. The highest BCUT2D eigenvalue weighted by atomic mass is 16.5. The van der Waals surface area contributed by atoms with Crippen molar-refractivity contribution in [3.8, 4) is 11.5 Å². The van der Waals surface area contributed by atoms with Crippen LogP contribution in [0.2, 0.25) is 0 Å². The number of nitrogens with one attached hydrogen (secondary N) is 1. The van der Waals surface area contributed by atoms with Crippen LogP contribution in [0.15, 0.2) is 48.5 Å². The van der Waals surface area contributed by atoms with Crippen molar-refractivity contribution in [1.29, 1.82) is 0 Å². The van der Waals surface area contributed by atoms with Gasteiger partial charge in [-0.05, 0) is 54.3 Å². The number of hydrogen-bond acceptors (Lipinski definition) is 3. The standard InChI is InChI=1S/C23H33NO2/c1-4-5-6-7-15-25-22-13-11-21(12-14-22)24-17-20-9-8-10-23(16-20)26-18-19(2)3/h8-14,16,19,24H,4-7,15,17-18H2,1-3H3. The molecule has 1 N–H and O–H groups in total. The quantitative estimate of drug-likeness (QED) is 0.454. The summed E-state index contributed by atoms with van der Waals surface area (Å²) in [6, 6.07) is 16.5. The molecule has 0 bridgehead atoms. The van der Waals surface area contributed by atoms with Crippen LogP contribution in [0.5, 0.6) is 11.5 Å². The van der Waals surface area contributed by atoms with Gasteiger partial charge in [0.05, 0.1) is 13.2 Å². The third kappa shape index (κ3) is 7.81. The number of unbranched alkanes of at least 4 members (excludes halogenated alkanes) is 3. The largest absolute Gasteiger partial charge is 0.494 e. The van der Waals surface area contributed by atoms with Gasteiger partial charge in [0.2, 0.25) is 0 Å². The summed E-state index contributed by atoms with van der Waals surface area (Å²) in [7, 11) is 0. The maximum absolute atomic E-state index is 5.79. The van der Waals surface area contributed by atoms with Crippen LogP contribution in [0.25, 0.3) is 0 Å². The van der Waals surface area contributed by atoms with E-state index < -0.39 is 0 Å². The van der Waals surface area contributed by atoms with Gasteiger partial charge in [-0.3, -0.25) is 0 Å². The lowest BCUT2D eigenvalue weighted by Gasteiger charge is -2.11. The van der Waals surface area contributed by atoms with E-state index in [4.69, 9.17) is 9.47 Å². The van der Waals surface area contributed by atoms with Gasteiger partial charge in [0.1, 0.15) is 11.5 Å². The molecule has 26 heavy (non-hydrogen) atoms. The second-order valence-electron chi connectivity index (χ2n) is 7.14. The normalized spacial score (nSPS) is 10.8. The van der Waals surface area contributed by atoms with Gasteiger partial charge in [-0.25, -0.2) is 0 Å².